The lowest BCUT2D eigenvalue weighted by Crippen LogP contribution is -2.30. The van der Waals surface area contributed by atoms with Gasteiger partial charge in [0.25, 0.3) is 0 Å². The van der Waals surface area contributed by atoms with Crippen LogP contribution >= 0.6 is 8.16 Å². The summed E-state index contributed by atoms with van der Waals surface area (Å²) in [5.74, 6) is 0. The van der Waals surface area contributed by atoms with Crippen LogP contribution in [0.1, 0.15) is 18.9 Å². The Morgan fingerprint density at radius 2 is 1.24 bits per heavy atom. The number of nitrogens with zero attached hydrogens (tertiary/aromatic N) is 1. The second-order valence-electron chi connectivity index (χ2n) is 9.10. The van der Waals surface area contributed by atoms with Gasteiger partial charge in [0.15, 0.2) is 0 Å². The number of hydrogen-bond donors (Lipinski definition) is 0. The molecule has 0 amide bonds. The predicted octanol–water partition coefficient (Wildman–Crippen LogP) is 9.20. The second kappa shape index (κ2) is 7.68. The van der Waals surface area contributed by atoms with E-state index in [9.17, 15) is 0 Å². The van der Waals surface area contributed by atoms with Gasteiger partial charge in [0, 0.05) is 16.8 Å². The highest BCUT2D eigenvalue weighted by atomic mass is 31.1. The molecule has 7 rings (SSSR count). The minimum Gasteiger partial charge on any atom is -0.404 e. The first-order valence-corrected chi connectivity index (χ1v) is 13.0. The highest BCUT2D eigenvalue weighted by Gasteiger charge is 2.28. The fraction of sp³-hybridized carbons (Fsp3) is 0.133. The van der Waals surface area contributed by atoms with Gasteiger partial charge in [0.1, 0.15) is 11.2 Å². The smallest absolute Gasteiger partial charge is 0.341 e. The molecule has 0 radical (unpaired) electrons. The molecular formula is C30H24NO2P. The van der Waals surface area contributed by atoms with E-state index in [1.54, 1.807) is 0 Å². The van der Waals surface area contributed by atoms with E-state index in [1.807, 2.05) is 0 Å². The molecule has 0 fully saturated rings. The zero-order valence-electron chi connectivity index (χ0n) is 18.9. The molecule has 0 spiro atoms. The molecule has 4 heteroatoms. The molecule has 1 aliphatic rings. The van der Waals surface area contributed by atoms with Crippen LogP contribution in [0.15, 0.2) is 105 Å². The summed E-state index contributed by atoms with van der Waals surface area (Å²) in [5, 5.41) is 7.01. The third-order valence-electron chi connectivity index (χ3n) is 7.05. The third kappa shape index (κ3) is 2.97. The van der Waals surface area contributed by atoms with Crippen molar-refractivity contribution < 1.29 is 8.39 Å². The van der Waals surface area contributed by atoms with Crippen LogP contribution in [0.3, 0.4) is 0 Å². The maximum absolute atomic E-state index is 6.83. The highest BCUT2D eigenvalue weighted by molar-refractivity contribution is 7.39. The first kappa shape index (κ1) is 19.8. The van der Waals surface area contributed by atoms with Crippen molar-refractivity contribution in [3.63, 3.8) is 0 Å². The molecule has 0 unspecified atom stereocenters. The number of anilines is 1. The van der Waals surface area contributed by atoms with Gasteiger partial charge in [0.2, 0.25) is 0 Å². The standard InChI is InChI=1S/C30H24NO2P/c1-20-14-15-23-10-4-7-13-26(23)31(20)34-32-27-18-16-21-8-2-5-11-24(21)29(27)30-25-12-6-3-9-22(25)17-19-28(30)33-34/h2-13,16-20H,14-15H2,1H3/t20-/m1/s1. The Morgan fingerprint density at radius 3 is 1.88 bits per heavy atom. The summed E-state index contributed by atoms with van der Waals surface area (Å²) in [6.07, 6.45) is 2.16. The zero-order chi connectivity index (χ0) is 22.6. The van der Waals surface area contributed by atoms with Gasteiger partial charge in [0.05, 0.1) is 5.69 Å². The molecule has 0 saturated heterocycles. The quantitative estimate of drug-likeness (QED) is 0.244. The van der Waals surface area contributed by atoms with Gasteiger partial charge in [-0.1, -0.05) is 78.9 Å². The van der Waals surface area contributed by atoms with Gasteiger partial charge in [-0.2, -0.15) is 0 Å². The molecule has 1 aromatic heterocycles. The molecule has 1 aliphatic heterocycles. The molecule has 0 aliphatic carbocycles. The van der Waals surface area contributed by atoms with Crippen molar-refractivity contribution in [1.82, 2.24) is 0 Å². The molecule has 2 heterocycles. The molecule has 5 aromatic carbocycles. The van der Waals surface area contributed by atoms with Crippen LogP contribution in [0.2, 0.25) is 0 Å². The van der Waals surface area contributed by atoms with Crippen LogP contribution < -0.4 is 4.67 Å². The minimum absolute atomic E-state index is 0.326. The normalized spacial score (nSPS) is 15.8. The van der Waals surface area contributed by atoms with E-state index >= 15 is 0 Å². The molecule has 166 valence electrons. The molecule has 3 nitrogen and oxygen atoms in total. The van der Waals surface area contributed by atoms with E-state index < -0.39 is 8.16 Å². The van der Waals surface area contributed by atoms with Crippen LogP contribution in [0.25, 0.3) is 43.5 Å². The van der Waals surface area contributed by atoms with Crippen molar-refractivity contribution in [3.8, 4) is 0 Å². The van der Waals surface area contributed by atoms with E-state index in [0.717, 1.165) is 34.8 Å². The maximum atomic E-state index is 6.83. The second-order valence-corrected chi connectivity index (χ2v) is 10.4. The first-order valence-electron chi connectivity index (χ1n) is 11.8. The van der Waals surface area contributed by atoms with Crippen molar-refractivity contribution in [3.05, 3.63) is 103 Å². The Labute approximate surface area is 198 Å². The van der Waals surface area contributed by atoms with Crippen molar-refractivity contribution in [2.45, 2.75) is 25.8 Å². The molecular weight excluding hydrogens is 437 g/mol. The Hall–Kier alpha value is -3.68. The Balaban J connectivity index is 1.67. The monoisotopic (exact) mass is 461 g/mol. The third-order valence-corrected chi connectivity index (χ3v) is 8.72. The summed E-state index contributed by atoms with van der Waals surface area (Å²) in [4.78, 5) is 0. The number of para-hydroxylation sites is 1. The number of hydrogen-bond acceptors (Lipinski definition) is 3. The first-order chi connectivity index (χ1) is 16.8. The molecule has 0 bridgehead atoms. The van der Waals surface area contributed by atoms with Gasteiger partial charge in [-0.3, -0.25) is 4.67 Å². The number of benzene rings is 5. The van der Waals surface area contributed by atoms with Crippen molar-refractivity contribution in [2.75, 3.05) is 4.67 Å². The van der Waals surface area contributed by atoms with Gasteiger partial charge < -0.3 is 8.39 Å². The molecule has 0 N–H and O–H groups in total. The summed E-state index contributed by atoms with van der Waals surface area (Å²) in [6.45, 7) is 2.28. The number of rotatable bonds is 1. The Morgan fingerprint density at radius 1 is 0.676 bits per heavy atom. The van der Waals surface area contributed by atoms with E-state index in [1.165, 1.54) is 32.8 Å². The lowest BCUT2D eigenvalue weighted by Gasteiger charge is -2.33. The van der Waals surface area contributed by atoms with E-state index in [4.69, 9.17) is 8.39 Å². The minimum atomic E-state index is -1.39. The summed E-state index contributed by atoms with van der Waals surface area (Å²) in [7, 11) is -1.39. The summed E-state index contributed by atoms with van der Waals surface area (Å²) in [6, 6.07) is 34.6. The lowest BCUT2D eigenvalue weighted by molar-refractivity contribution is 0.585. The average molecular weight is 462 g/mol. The van der Waals surface area contributed by atoms with Gasteiger partial charge in [-0.15, -0.1) is 0 Å². The van der Waals surface area contributed by atoms with Gasteiger partial charge in [-0.05, 0) is 65.1 Å². The molecule has 34 heavy (non-hydrogen) atoms. The molecule has 0 saturated carbocycles. The van der Waals surface area contributed by atoms with Crippen LogP contribution in [-0.2, 0) is 6.42 Å². The average Bonchev–Trinajstić information content (AvgIpc) is 3.05. The van der Waals surface area contributed by atoms with Crippen LogP contribution in [-0.4, -0.2) is 6.04 Å². The van der Waals surface area contributed by atoms with Crippen LogP contribution in [0.5, 0.6) is 0 Å². The van der Waals surface area contributed by atoms with Gasteiger partial charge >= 0.3 is 8.16 Å². The lowest BCUT2D eigenvalue weighted by atomic mass is 9.99. The van der Waals surface area contributed by atoms with Crippen molar-refractivity contribution in [2.24, 2.45) is 0 Å². The number of fused-ring (bicyclic) bond motifs is 8. The fourth-order valence-electron chi connectivity index (χ4n) is 5.36. The Kier molecular flexibility index (Phi) is 4.47. The summed E-state index contributed by atoms with van der Waals surface area (Å²) < 4.78 is 16.0. The van der Waals surface area contributed by atoms with E-state index in [-0.39, 0.29) is 0 Å². The molecule has 1 atom stereocenters. The summed E-state index contributed by atoms with van der Waals surface area (Å²) >= 11 is 0. The van der Waals surface area contributed by atoms with Crippen LogP contribution in [0.4, 0.5) is 5.69 Å². The topological polar surface area (TPSA) is 29.5 Å². The largest absolute Gasteiger partial charge is 0.404 e. The Bertz CT molecular complexity index is 1660. The van der Waals surface area contributed by atoms with Gasteiger partial charge in [-0.25, -0.2) is 0 Å². The highest BCUT2D eigenvalue weighted by Crippen LogP contribution is 2.47. The van der Waals surface area contributed by atoms with Crippen molar-refractivity contribution in [1.29, 1.82) is 0 Å². The summed E-state index contributed by atoms with van der Waals surface area (Å²) in [5.41, 5.74) is 4.35. The SMILES string of the molecule is C[C@@H]1CCc2ccccc2N1p1oc2ccc3ccccc3c2c2c(ccc3ccccc32)o1. The van der Waals surface area contributed by atoms with E-state index in [0.29, 0.717) is 6.04 Å². The molecule has 6 aromatic rings. The van der Waals surface area contributed by atoms with Crippen molar-refractivity contribution >= 4 is 57.3 Å². The number of aryl methyl sites for hydroxylation is 1. The maximum Gasteiger partial charge on any atom is 0.341 e. The van der Waals surface area contributed by atoms with Crippen LogP contribution in [0, 0.1) is 0 Å². The van der Waals surface area contributed by atoms with E-state index in [2.05, 4.69) is 109 Å². The predicted molar refractivity (Wildman–Crippen MR) is 143 cm³/mol. The fourth-order valence-corrected chi connectivity index (χ4v) is 7.03. The zero-order valence-corrected chi connectivity index (χ0v) is 19.8.